The molecule has 0 bridgehead atoms. The molecule has 1 amide bonds. The average Bonchev–Trinajstić information content (AvgIpc) is 3.24. The van der Waals surface area contributed by atoms with Crippen molar-refractivity contribution in [3.05, 3.63) is 87.3 Å². The second-order valence-corrected chi connectivity index (χ2v) is 9.53. The SMILES string of the molecule is O=C(NC(=S)Nc1ccc2oc(-c3ccc(O)c(Br)c3)nc2c1)c1cccc2c(Br)cccc12. The smallest absolute Gasteiger partial charge is 0.258 e. The predicted molar refractivity (Wildman–Crippen MR) is 144 cm³/mol. The number of halogens is 2. The first-order chi connectivity index (χ1) is 16.4. The van der Waals surface area contributed by atoms with Crippen LogP contribution < -0.4 is 10.6 Å². The number of anilines is 1. The number of aromatic nitrogens is 1. The molecule has 0 unspecified atom stereocenters. The molecule has 0 aliphatic rings. The van der Waals surface area contributed by atoms with Crippen LogP contribution in [0.2, 0.25) is 0 Å². The summed E-state index contributed by atoms with van der Waals surface area (Å²) in [5.74, 6) is 0.257. The highest BCUT2D eigenvalue weighted by molar-refractivity contribution is 9.11. The van der Waals surface area contributed by atoms with Gasteiger partial charge in [-0.3, -0.25) is 10.1 Å². The average molecular weight is 597 g/mol. The fraction of sp³-hybridized carbons (Fsp3) is 0. The van der Waals surface area contributed by atoms with E-state index in [0.717, 1.165) is 20.8 Å². The number of carbonyl (C=O) groups excluding carboxylic acids is 1. The number of rotatable bonds is 3. The minimum absolute atomic E-state index is 0.137. The lowest BCUT2D eigenvalue weighted by atomic mass is 10.0. The van der Waals surface area contributed by atoms with Crippen molar-refractivity contribution in [3.8, 4) is 17.2 Å². The maximum absolute atomic E-state index is 12.9. The Morgan fingerprint density at radius 3 is 2.56 bits per heavy atom. The van der Waals surface area contributed by atoms with Crippen LogP contribution in [0, 0.1) is 0 Å². The van der Waals surface area contributed by atoms with Crippen molar-refractivity contribution in [2.45, 2.75) is 0 Å². The summed E-state index contributed by atoms with van der Waals surface area (Å²) in [5.41, 5.74) is 3.13. The molecule has 34 heavy (non-hydrogen) atoms. The summed E-state index contributed by atoms with van der Waals surface area (Å²) in [6.45, 7) is 0. The lowest BCUT2D eigenvalue weighted by Gasteiger charge is -2.11. The van der Waals surface area contributed by atoms with Crippen molar-refractivity contribution >= 4 is 82.7 Å². The van der Waals surface area contributed by atoms with Crippen LogP contribution in [0.5, 0.6) is 5.75 Å². The topological polar surface area (TPSA) is 87.4 Å². The molecule has 9 heteroatoms. The van der Waals surface area contributed by atoms with Gasteiger partial charge in [0, 0.05) is 21.3 Å². The summed E-state index contributed by atoms with van der Waals surface area (Å²) in [6.07, 6.45) is 0. The Balaban J connectivity index is 1.34. The molecular formula is C25H15Br2N3O3S. The molecule has 168 valence electrons. The number of amides is 1. The number of hydrogen-bond donors (Lipinski definition) is 3. The molecule has 6 nitrogen and oxygen atoms in total. The number of aromatic hydroxyl groups is 1. The molecule has 0 saturated heterocycles. The minimum atomic E-state index is -0.302. The molecule has 4 aromatic carbocycles. The van der Waals surface area contributed by atoms with Crippen LogP contribution >= 0.6 is 44.1 Å². The van der Waals surface area contributed by atoms with Gasteiger partial charge in [-0.1, -0.05) is 40.2 Å². The summed E-state index contributed by atoms with van der Waals surface area (Å²) in [4.78, 5) is 17.4. The first-order valence-electron chi connectivity index (χ1n) is 10.1. The van der Waals surface area contributed by atoms with Gasteiger partial charge in [0.2, 0.25) is 5.89 Å². The number of fused-ring (bicyclic) bond motifs is 2. The van der Waals surface area contributed by atoms with Crippen molar-refractivity contribution in [2.75, 3.05) is 5.32 Å². The highest BCUT2D eigenvalue weighted by atomic mass is 79.9. The van der Waals surface area contributed by atoms with Crippen LogP contribution in [0.4, 0.5) is 5.69 Å². The van der Waals surface area contributed by atoms with Crippen LogP contribution in [-0.4, -0.2) is 21.1 Å². The highest BCUT2D eigenvalue weighted by Crippen LogP contribution is 2.32. The quantitative estimate of drug-likeness (QED) is 0.194. The zero-order valence-corrected chi connectivity index (χ0v) is 21.3. The molecule has 0 aliphatic heterocycles. The van der Waals surface area contributed by atoms with E-state index in [1.165, 1.54) is 0 Å². The summed E-state index contributed by atoms with van der Waals surface area (Å²) in [7, 11) is 0. The third-order valence-corrected chi connectivity index (χ3v) is 6.71. The number of carbonyl (C=O) groups is 1. The van der Waals surface area contributed by atoms with Gasteiger partial charge >= 0.3 is 0 Å². The molecule has 5 aromatic rings. The molecule has 0 saturated carbocycles. The van der Waals surface area contributed by atoms with E-state index in [2.05, 4.69) is 47.5 Å². The minimum Gasteiger partial charge on any atom is -0.507 e. The molecule has 3 N–H and O–H groups in total. The van der Waals surface area contributed by atoms with Gasteiger partial charge in [0.1, 0.15) is 11.3 Å². The Bertz CT molecular complexity index is 1600. The van der Waals surface area contributed by atoms with Gasteiger partial charge in [-0.15, -0.1) is 0 Å². The van der Waals surface area contributed by atoms with Crippen molar-refractivity contribution in [1.82, 2.24) is 10.3 Å². The number of hydrogen-bond acceptors (Lipinski definition) is 5. The molecule has 0 atom stereocenters. The largest absolute Gasteiger partial charge is 0.507 e. The van der Waals surface area contributed by atoms with Crippen molar-refractivity contribution in [3.63, 3.8) is 0 Å². The number of nitrogens with zero attached hydrogens (tertiary/aromatic N) is 1. The summed E-state index contributed by atoms with van der Waals surface area (Å²) in [5, 5.41) is 17.4. The molecule has 0 fully saturated rings. The molecule has 0 aliphatic carbocycles. The normalized spacial score (nSPS) is 11.0. The maximum Gasteiger partial charge on any atom is 0.258 e. The van der Waals surface area contributed by atoms with Crippen molar-refractivity contribution < 1.29 is 14.3 Å². The van der Waals surface area contributed by atoms with Gasteiger partial charge in [-0.05, 0) is 87.5 Å². The molecule has 5 rings (SSSR count). The van der Waals surface area contributed by atoms with Gasteiger partial charge in [-0.2, -0.15) is 0 Å². The van der Waals surface area contributed by atoms with Crippen LogP contribution in [0.3, 0.4) is 0 Å². The van der Waals surface area contributed by atoms with Gasteiger partial charge in [0.25, 0.3) is 5.91 Å². The second-order valence-electron chi connectivity index (χ2n) is 7.42. The van der Waals surface area contributed by atoms with E-state index in [-0.39, 0.29) is 16.8 Å². The van der Waals surface area contributed by atoms with E-state index < -0.39 is 0 Å². The number of benzene rings is 4. The lowest BCUT2D eigenvalue weighted by Crippen LogP contribution is -2.34. The lowest BCUT2D eigenvalue weighted by molar-refractivity contribution is 0.0979. The number of nitrogens with one attached hydrogen (secondary N) is 2. The van der Waals surface area contributed by atoms with Crippen LogP contribution in [0.1, 0.15) is 10.4 Å². The van der Waals surface area contributed by atoms with Crippen molar-refractivity contribution in [2.24, 2.45) is 0 Å². The van der Waals surface area contributed by atoms with Gasteiger partial charge in [0.15, 0.2) is 10.7 Å². The first-order valence-corrected chi connectivity index (χ1v) is 12.1. The predicted octanol–water partition coefficient (Wildman–Crippen LogP) is 7.01. The van der Waals surface area contributed by atoms with Gasteiger partial charge in [-0.25, -0.2) is 4.98 Å². The summed E-state index contributed by atoms with van der Waals surface area (Å²) < 4.78 is 7.30. The Morgan fingerprint density at radius 1 is 0.941 bits per heavy atom. The third-order valence-electron chi connectivity index (χ3n) is 5.18. The number of phenols is 1. The fourth-order valence-electron chi connectivity index (χ4n) is 3.57. The molecule has 1 aromatic heterocycles. The Morgan fingerprint density at radius 2 is 1.74 bits per heavy atom. The highest BCUT2D eigenvalue weighted by Gasteiger charge is 2.14. The van der Waals surface area contributed by atoms with Crippen LogP contribution in [0.25, 0.3) is 33.3 Å². The standard InChI is InChI=1S/C25H15Br2N3O3S/c26-18-6-2-3-15-16(18)4-1-5-17(15)23(32)30-25(34)28-14-8-10-22-20(12-14)29-24(33-22)13-7-9-21(31)19(27)11-13/h1-12,31H,(H2,28,30,32,34). The summed E-state index contributed by atoms with van der Waals surface area (Å²) >= 11 is 12.2. The van der Waals surface area contributed by atoms with E-state index in [4.69, 9.17) is 16.6 Å². The monoisotopic (exact) mass is 595 g/mol. The third kappa shape index (κ3) is 4.42. The van der Waals surface area contributed by atoms with Crippen LogP contribution in [0.15, 0.2) is 86.2 Å². The number of oxazole rings is 1. The van der Waals surface area contributed by atoms with E-state index in [1.807, 2.05) is 30.3 Å². The maximum atomic E-state index is 12.9. The Labute approximate surface area is 216 Å². The molecule has 1 heterocycles. The first kappa shape index (κ1) is 22.5. The van der Waals surface area contributed by atoms with E-state index in [9.17, 15) is 9.90 Å². The Kier molecular flexibility index (Phi) is 6.07. The second kappa shape index (κ2) is 9.17. The zero-order chi connectivity index (χ0) is 23.8. The number of phenolic OH excluding ortho intramolecular Hbond substituents is 1. The van der Waals surface area contributed by atoms with Gasteiger partial charge in [0.05, 0.1) is 4.47 Å². The molecular weight excluding hydrogens is 582 g/mol. The molecule has 0 radical (unpaired) electrons. The van der Waals surface area contributed by atoms with Crippen molar-refractivity contribution in [1.29, 1.82) is 0 Å². The Hall–Kier alpha value is -3.27. The van der Waals surface area contributed by atoms with Crippen LogP contribution in [-0.2, 0) is 0 Å². The zero-order valence-electron chi connectivity index (χ0n) is 17.3. The summed E-state index contributed by atoms with van der Waals surface area (Å²) in [6, 6.07) is 21.6. The fourth-order valence-corrected chi connectivity index (χ4v) is 4.66. The van der Waals surface area contributed by atoms with E-state index in [1.54, 1.807) is 42.5 Å². The van der Waals surface area contributed by atoms with E-state index >= 15 is 0 Å². The van der Waals surface area contributed by atoms with E-state index in [0.29, 0.717) is 32.7 Å². The van der Waals surface area contributed by atoms with Gasteiger partial charge < -0.3 is 14.8 Å². The number of thiocarbonyl (C=S) groups is 1. The molecule has 0 spiro atoms.